The number of carbonyl (C=O) groups excluding carboxylic acids is 2. The molecular weight excluding hydrogens is 346 g/mol. The summed E-state index contributed by atoms with van der Waals surface area (Å²) in [5.74, 6) is -2.81. The number of hydrogen-bond acceptors (Lipinski definition) is 4. The van der Waals surface area contributed by atoms with Crippen molar-refractivity contribution >= 4 is 41.0 Å². The molecule has 2 aromatic carbocycles. The van der Waals surface area contributed by atoms with E-state index in [0.717, 1.165) is 0 Å². The molecule has 0 aromatic heterocycles. The summed E-state index contributed by atoms with van der Waals surface area (Å²) in [5, 5.41) is 19.3. The van der Waals surface area contributed by atoms with Gasteiger partial charge < -0.3 is 10.2 Å². The first kappa shape index (κ1) is 16.7. The zero-order valence-corrected chi connectivity index (χ0v) is 13.5. The third-order valence-corrected chi connectivity index (χ3v) is 3.99. The number of phenolic OH excluding ortho intramolecular Hbond substituents is 1. The highest BCUT2D eigenvalue weighted by Crippen LogP contribution is 2.32. The van der Waals surface area contributed by atoms with E-state index in [2.05, 4.69) is 0 Å². The van der Waals surface area contributed by atoms with E-state index in [0.29, 0.717) is 15.5 Å². The number of carbonyl (C=O) groups is 3. The number of phenols is 1. The first-order chi connectivity index (χ1) is 11.9. The van der Waals surface area contributed by atoms with Gasteiger partial charge in [-0.05, 0) is 35.9 Å². The van der Waals surface area contributed by atoms with E-state index < -0.39 is 24.3 Å². The number of carboxylic acid groups (broad SMARTS) is 1. The van der Waals surface area contributed by atoms with Crippen LogP contribution in [0.5, 0.6) is 5.75 Å². The number of benzene rings is 2. The number of nitrogens with zero attached hydrogens (tertiary/aromatic N) is 1. The highest BCUT2D eigenvalue weighted by Gasteiger charge is 2.35. The predicted molar refractivity (Wildman–Crippen MR) is 91.1 cm³/mol. The third-order valence-electron chi connectivity index (χ3n) is 3.75. The second kappa shape index (κ2) is 6.41. The minimum absolute atomic E-state index is 0.0936. The van der Waals surface area contributed by atoms with E-state index in [9.17, 15) is 19.5 Å². The molecule has 0 aliphatic carbocycles. The van der Waals surface area contributed by atoms with Crippen molar-refractivity contribution in [3.8, 4) is 5.75 Å². The molecule has 1 aliphatic heterocycles. The molecule has 0 bridgehead atoms. The van der Waals surface area contributed by atoms with Crippen LogP contribution < -0.4 is 0 Å². The van der Waals surface area contributed by atoms with Gasteiger partial charge in [-0.1, -0.05) is 29.8 Å². The number of halogens is 1. The van der Waals surface area contributed by atoms with Crippen molar-refractivity contribution in [2.45, 2.75) is 0 Å². The van der Waals surface area contributed by atoms with Crippen LogP contribution in [0.2, 0.25) is 5.02 Å². The van der Waals surface area contributed by atoms with Crippen molar-refractivity contribution < 1.29 is 24.6 Å². The molecule has 1 heterocycles. The van der Waals surface area contributed by atoms with Crippen molar-refractivity contribution in [3.05, 3.63) is 64.2 Å². The Hall–Kier alpha value is -3.12. The SMILES string of the molecule is O=C(O)CN1C(=O)/C(=C\c2cc(Cl)ccc2O)c2ccccc2C1=O. The summed E-state index contributed by atoms with van der Waals surface area (Å²) >= 11 is 5.92. The molecule has 3 rings (SSSR count). The molecule has 126 valence electrons. The highest BCUT2D eigenvalue weighted by atomic mass is 35.5. The molecule has 2 amide bonds. The van der Waals surface area contributed by atoms with Crippen molar-refractivity contribution in [3.63, 3.8) is 0 Å². The molecule has 0 saturated heterocycles. The summed E-state index contributed by atoms with van der Waals surface area (Å²) in [7, 11) is 0. The van der Waals surface area contributed by atoms with Gasteiger partial charge in [0.05, 0.1) is 0 Å². The molecule has 0 radical (unpaired) electrons. The average Bonchev–Trinajstić information content (AvgIpc) is 2.58. The van der Waals surface area contributed by atoms with Gasteiger partial charge in [-0.3, -0.25) is 19.3 Å². The Morgan fingerprint density at radius 1 is 1.08 bits per heavy atom. The Balaban J connectivity index is 2.20. The topological polar surface area (TPSA) is 94.9 Å². The number of fused-ring (bicyclic) bond motifs is 1. The molecule has 25 heavy (non-hydrogen) atoms. The van der Waals surface area contributed by atoms with Crippen molar-refractivity contribution in [1.29, 1.82) is 0 Å². The van der Waals surface area contributed by atoms with E-state index >= 15 is 0 Å². The van der Waals surface area contributed by atoms with Gasteiger partial charge in [0.15, 0.2) is 0 Å². The minimum atomic E-state index is -1.30. The number of carboxylic acids is 1. The minimum Gasteiger partial charge on any atom is -0.507 e. The molecular formula is C18H12ClNO5. The van der Waals surface area contributed by atoms with Gasteiger partial charge in [0.25, 0.3) is 11.8 Å². The summed E-state index contributed by atoms with van der Waals surface area (Å²) in [6.45, 7) is -0.745. The predicted octanol–water partition coefficient (Wildman–Crippen LogP) is 2.65. The van der Waals surface area contributed by atoms with E-state index in [1.54, 1.807) is 18.2 Å². The Bertz CT molecular complexity index is 935. The number of amides is 2. The van der Waals surface area contributed by atoms with Crippen LogP contribution in [0, 0.1) is 0 Å². The van der Waals surface area contributed by atoms with Crippen LogP contribution in [0.1, 0.15) is 21.5 Å². The lowest BCUT2D eigenvalue weighted by atomic mass is 9.92. The standard InChI is InChI=1S/C18H12ClNO5/c19-11-5-6-15(21)10(7-11)8-14-12-3-1-2-4-13(12)17(24)20(18(14)25)9-16(22)23/h1-8,21H,9H2,(H,22,23)/b14-8-. The summed E-state index contributed by atoms with van der Waals surface area (Å²) in [6.07, 6.45) is 1.39. The zero-order chi connectivity index (χ0) is 18.1. The van der Waals surface area contributed by atoms with Crippen LogP contribution in [-0.4, -0.2) is 39.4 Å². The highest BCUT2D eigenvalue weighted by molar-refractivity contribution is 6.34. The zero-order valence-electron chi connectivity index (χ0n) is 12.8. The summed E-state index contributed by atoms with van der Waals surface area (Å²) in [5.41, 5.74) is 0.985. The fraction of sp³-hybridized carbons (Fsp3) is 0.0556. The summed E-state index contributed by atoms with van der Waals surface area (Å²) in [6, 6.07) is 10.8. The Morgan fingerprint density at radius 2 is 1.76 bits per heavy atom. The van der Waals surface area contributed by atoms with Crippen LogP contribution in [0.4, 0.5) is 0 Å². The monoisotopic (exact) mass is 357 g/mol. The van der Waals surface area contributed by atoms with Gasteiger partial charge in [0.2, 0.25) is 0 Å². The van der Waals surface area contributed by atoms with Crippen LogP contribution in [0.3, 0.4) is 0 Å². The van der Waals surface area contributed by atoms with Crippen molar-refractivity contribution in [1.82, 2.24) is 4.90 Å². The van der Waals surface area contributed by atoms with E-state index in [-0.39, 0.29) is 22.4 Å². The Labute approximate surface area is 147 Å². The number of aliphatic carboxylic acids is 1. The van der Waals surface area contributed by atoms with Gasteiger partial charge in [-0.15, -0.1) is 0 Å². The van der Waals surface area contributed by atoms with Crippen molar-refractivity contribution in [2.75, 3.05) is 6.54 Å². The maximum Gasteiger partial charge on any atom is 0.323 e. The lowest BCUT2D eigenvalue weighted by molar-refractivity contribution is -0.141. The van der Waals surface area contributed by atoms with Crippen LogP contribution >= 0.6 is 11.6 Å². The van der Waals surface area contributed by atoms with Gasteiger partial charge in [0.1, 0.15) is 12.3 Å². The molecule has 0 unspecified atom stereocenters. The second-order valence-electron chi connectivity index (χ2n) is 5.40. The van der Waals surface area contributed by atoms with Crippen LogP contribution in [-0.2, 0) is 9.59 Å². The molecule has 7 heteroatoms. The van der Waals surface area contributed by atoms with Crippen molar-refractivity contribution in [2.24, 2.45) is 0 Å². The van der Waals surface area contributed by atoms with Crippen LogP contribution in [0.25, 0.3) is 11.6 Å². The maximum atomic E-state index is 12.7. The molecule has 6 nitrogen and oxygen atoms in total. The lowest BCUT2D eigenvalue weighted by Gasteiger charge is -2.27. The van der Waals surface area contributed by atoms with E-state index in [1.165, 1.54) is 30.3 Å². The maximum absolute atomic E-state index is 12.7. The third kappa shape index (κ3) is 3.12. The van der Waals surface area contributed by atoms with E-state index in [4.69, 9.17) is 16.7 Å². The summed E-state index contributed by atoms with van der Waals surface area (Å²) < 4.78 is 0. The fourth-order valence-corrected chi connectivity index (χ4v) is 2.80. The van der Waals surface area contributed by atoms with Crippen LogP contribution in [0.15, 0.2) is 42.5 Å². The lowest BCUT2D eigenvalue weighted by Crippen LogP contribution is -2.44. The van der Waals surface area contributed by atoms with Gasteiger partial charge >= 0.3 is 5.97 Å². The molecule has 0 spiro atoms. The fourth-order valence-electron chi connectivity index (χ4n) is 2.62. The Morgan fingerprint density at radius 3 is 2.44 bits per heavy atom. The molecule has 0 fully saturated rings. The molecule has 2 aromatic rings. The number of aromatic hydroxyl groups is 1. The molecule has 1 aliphatic rings. The first-order valence-corrected chi connectivity index (χ1v) is 7.64. The Kier molecular flexibility index (Phi) is 4.29. The molecule has 2 N–H and O–H groups in total. The smallest absolute Gasteiger partial charge is 0.323 e. The van der Waals surface area contributed by atoms with Gasteiger partial charge in [0, 0.05) is 21.7 Å². The number of rotatable bonds is 3. The second-order valence-corrected chi connectivity index (χ2v) is 5.83. The largest absolute Gasteiger partial charge is 0.507 e. The quantitative estimate of drug-likeness (QED) is 0.650. The molecule has 0 atom stereocenters. The molecule has 0 saturated carbocycles. The number of imide groups is 1. The van der Waals surface area contributed by atoms with Gasteiger partial charge in [-0.2, -0.15) is 0 Å². The normalized spacial score (nSPS) is 15.4. The average molecular weight is 358 g/mol. The van der Waals surface area contributed by atoms with Gasteiger partial charge in [-0.25, -0.2) is 0 Å². The first-order valence-electron chi connectivity index (χ1n) is 7.26. The number of hydrogen-bond donors (Lipinski definition) is 2. The summed E-state index contributed by atoms with van der Waals surface area (Å²) in [4.78, 5) is 36.8. The van der Waals surface area contributed by atoms with E-state index in [1.807, 2.05) is 0 Å².